The Morgan fingerprint density at radius 1 is 0.971 bits per heavy atom. The van der Waals surface area contributed by atoms with Crippen molar-refractivity contribution >= 4 is 23.9 Å². The van der Waals surface area contributed by atoms with Gasteiger partial charge in [0.25, 0.3) is 0 Å². The maximum atomic E-state index is 12.5. The van der Waals surface area contributed by atoms with Crippen LogP contribution in [0.4, 0.5) is 4.79 Å². The van der Waals surface area contributed by atoms with E-state index in [1.165, 1.54) is 7.11 Å². The van der Waals surface area contributed by atoms with E-state index in [1.807, 2.05) is 36.4 Å². The lowest BCUT2D eigenvalue weighted by atomic mass is 9.98. The maximum absolute atomic E-state index is 12.5. The molecule has 2 aromatic carbocycles. The number of hydrogen-bond acceptors (Lipinski definition) is 6. The minimum atomic E-state index is -1.25. The van der Waals surface area contributed by atoms with E-state index in [1.54, 1.807) is 6.92 Å². The second kappa shape index (κ2) is 12.0. The van der Waals surface area contributed by atoms with Crippen LogP contribution >= 0.6 is 0 Å². The molecule has 9 heteroatoms. The number of carboxylic acid groups (broad SMARTS) is 1. The van der Waals surface area contributed by atoms with Gasteiger partial charge in [0.15, 0.2) is 0 Å². The molecule has 1 aliphatic rings. The van der Waals surface area contributed by atoms with Crippen molar-refractivity contribution in [2.24, 2.45) is 0 Å². The minimum absolute atomic E-state index is 0.0809. The summed E-state index contributed by atoms with van der Waals surface area (Å²) in [6, 6.07) is 14.3. The highest BCUT2D eigenvalue weighted by atomic mass is 16.5. The summed E-state index contributed by atoms with van der Waals surface area (Å²) in [5.74, 6) is -2.44. The molecule has 186 valence electrons. The van der Waals surface area contributed by atoms with Crippen molar-refractivity contribution in [1.29, 1.82) is 0 Å². The van der Waals surface area contributed by atoms with Gasteiger partial charge in [0.1, 0.15) is 12.6 Å². The largest absolute Gasteiger partial charge is 0.480 e. The monoisotopic (exact) mass is 482 g/mol. The van der Waals surface area contributed by atoms with E-state index in [-0.39, 0.29) is 31.8 Å². The van der Waals surface area contributed by atoms with Gasteiger partial charge in [-0.25, -0.2) is 9.59 Å². The number of carbonyl (C=O) groups excluding carboxylic acids is 3. The molecule has 0 fully saturated rings. The Morgan fingerprint density at radius 3 is 2.11 bits per heavy atom. The van der Waals surface area contributed by atoms with E-state index in [0.29, 0.717) is 6.42 Å². The first-order chi connectivity index (χ1) is 16.8. The van der Waals surface area contributed by atoms with E-state index in [2.05, 4.69) is 27.5 Å². The Kier molecular flexibility index (Phi) is 8.83. The summed E-state index contributed by atoms with van der Waals surface area (Å²) in [7, 11) is 1.21. The van der Waals surface area contributed by atoms with Crippen molar-refractivity contribution in [3.8, 4) is 11.1 Å². The van der Waals surface area contributed by atoms with E-state index in [9.17, 15) is 24.3 Å². The predicted octanol–water partition coefficient (Wildman–Crippen LogP) is 3.22. The molecule has 1 aliphatic carbocycles. The van der Waals surface area contributed by atoms with Gasteiger partial charge in [-0.05, 0) is 35.1 Å². The van der Waals surface area contributed by atoms with Gasteiger partial charge in [-0.15, -0.1) is 0 Å². The van der Waals surface area contributed by atoms with Crippen molar-refractivity contribution in [3.05, 3.63) is 59.7 Å². The van der Waals surface area contributed by atoms with Crippen LogP contribution in [0.1, 0.15) is 49.7 Å². The first kappa shape index (κ1) is 25.7. The molecule has 2 amide bonds. The fourth-order valence-electron chi connectivity index (χ4n) is 4.20. The molecular weight excluding hydrogens is 452 g/mol. The maximum Gasteiger partial charge on any atom is 0.407 e. The molecule has 2 aromatic rings. The number of methoxy groups -OCH3 is 1. The highest BCUT2D eigenvalue weighted by Gasteiger charge is 2.29. The van der Waals surface area contributed by atoms with E-state index < -0.39 is 36.0 Å². The smallest absolute Gasteiger partial charge is 0.407 e. The summed E-state index contributed by atoms with van der Waals surface area (Å²) < 4.78 is 10.0. The second-order valence-electron chi connectivity index (χ2n) is 8.35. The molecule has 0 unspecified atom stereocenters. The first-order valence-electron chi connectivity index (χ1n) is 11.5. The molecule has 3 N–H and O–H groups in total. The highest BCUT2D eigenvalue weighted by Crippen LogP contribution is 2.44. The van der Waals surface area contributed by atoms with Gasteiger partial charge in [0, 0.05) is 24.8 Å². The van der Waals surface area contributed by atoms with Crippen LogP contribution in [0.25, 0.3) is 11.1 Å². The summed E-state index contributed by atoms with van der Waals surface area (Å²) in [6.07, 6.45) is -0.556. The number of esters is 1. The number of carboxylic acids is 1. The number of hydrogen-bond donors (Lipinski definition) is 3. The zero-order valence-electron chi connectivity index (χ0n) is 19.8. The van der Waals surface area contributed by atoms with E-state index in [0.717, 1.165) is 22.3 Å². The van der Waals surface area contributed by atoms with Crippen LogP contribution in [0.2, 0.25) is 0 Å². The molecule has 9 nitrogen and oxygen atoms in total. The quantitative estimate of drug-likeness (QED) is 0.419. The minimum Gasteiger partial charge on any atom is -0.480 e. The van der Waals surface area contributed by atoms with E-state index >= 15 is 0 Å². The van der Waals surface area contributed by atoms with Crippen LogP contribution in [-0.2, 0) is 23.9 Å². The Labute approximate surface area is 203 Å². The molecule has 0 aliphatic heterocycles. The van der Waals surface area contributed by atoms with Crippen LogP contribution in [0.3, 0.4) is 0 Å². The molecule has 0 spiro atoms. The fourth-order valence-corrected chi connectivity index (χ4v) is 4.20. The van der Waals surface area contributed by atoms with Gasteiger partial charge in [-0.1, -0.05) is 55.5 Å². The summed E-state index contributed by atoms with van der Waals surface area (Å²) in [5.41, 5.74) is 4.44. The molecule has 0 heterocycles. The second-order valence-corrected chi connectivity index (χ2v) is 8.35. The molecule has 0 saturated heterocycles. The third-order valence-electron chi connectivity index (χ3n) is 6.09. The zero-order chi connectivity index (χ0) is 25.4. The van der Waals surface area contributed by atoms with Gasteiger partial charge in [-0.2, -0.15) is 0 Å². The normalized spacial score (nSPS) is 13.7. The number of benzene rings is 2. The van der Waals surface area contributed by atoms with Crippen LogP contribution in [0, 0.1) is 0 Å². The predicted molar refractivity (Wildman–Crippen MR) is 128 cm³/mol. The number of aliphatic carboxylic acids is 1. The average Bonchev–Trinajstić information content (AvgIpc) is 3.18. The summed E-state index contributed by atoms with van der Waals surface area (Å²) in [6.45, 7) is 1.95. The number of ether oxygens (including phenoxy) is 2. The van der Waals surface area contributed by atoms with Gasteiger partial charge in [0.05, 0.1) is 7.11 Å². The van der Waals surface area contributed by atoms with Gasteiger partial charge >= 0.3 is 18.0 Å². The average molecular weight is 483 g/mol. The Balaban J connectivity index is 1.53. The molecular formula is C26H30N2O7. The number of rotatable bonds is 11. The number of amides is 2. The summed E-state index contributed by atoms with van der Waals surface area (Å²) >= 11 is 0. The lowest BCUT2D eigenvalue weighted by molar-refractivity contribution is -0.144. The standard InChI is InChI=1S/C26H30N2O7/c1-3-16(14-23(29)28-22(25(31)32)12-13-24(30)34-2)27-26(33)35-15-21-19-10-6-4-8-17(19)18-9-5-7-11-20(18)21/h4-11,16,21-22H,3,12-15H2,1-2H3,(H,27,33)(H,28,29)(H,31,32)/t16-,22+/m0/s1. The molecule has 2 atom stereocenters. The van der Waals surface area contributed by atoms with Gasteiger partial charge in [0.2, 0.25) is 5.91 Å². The summed E-state index contributed by atoms with van der Waals surface area (Å²) in [4.78, 5) is 47.6. The molecule has 0 bridgehead atoms. The lowest BCUT2D eigenvalue weighted by Gasteiger charge is -2.20. The van der Waals surface area contributed by atoms with Crippen molar-refractivity contribution in [1.82, 2.24) is 10.6 Å². The number of alkyl carbamates (subject to hydrolysis) is 1. The summed E-state index contributed by atoms with van der Waals surface area (Å²) in [5, 5.41) is 14.4. The van der Waals surface area contributed by atoms with Gasteiger partial charge in [-0.3, -0.25) is 9.59 Å². The van der Waals surface area contributed by atoms with Crippen molar-refractivity contribution in [2.45, 2.75) is 50.6 Å². The number of fused-ring (bicyclic) bond motifs is 3. The van der Waals surface area contributed by atoms with Crippen LogP contribution in [0.15, 0.2) is 48.5 Å². The zero-order valence-corrected chi connectivity index (χ0v) is 19.8. The first-order valence-corrected chi connectivity index (χ1v) is 11.5. The Hall–Kier alpha value is -3.88. The SMILES string of the molecule is CC[C@@H](CC(=O)N[C@H](CCC(=O)OC)C(=O)O)NC(=O)OCC1c2ccccc2-c2ccccc21. The molecule has 35 heavy (non-hydrogen) atoms. The van der Waals surface area contributed by atoms with E-state index in [4.69, 9.17) is 4.74 Å². The molecule has 3 rings (SSSR count). The molecule has 0 saturated carbocycles. The lowest BCUT2D eigenvalue weighted by Crippen LogP contribution is -2.45. The topological polar surface area (TPSA) is 131 Å². The fraction of sp³-hybridized carbons (Fsp3) is 0.385. The third kappa shape index (κ3) is 6.59. The van der Waals surface area contributed by atoms with Crippen LogP contribution in [-0.4, -0.2) is 54.8 Å². The third-order valence-corrected chi connectivity index (χ3v) is 6.09. The van der Waals surface area contributed by atoms with Crippen molar-refractivity contribution in [3.63, 3.8) is 0 Å². The highest BCUT2D eigenvalue weighted by molar-refractivity contribution is 5.84. The van der Waals surface area contributed by atoms with Gasteiger partial charge < -0.3 is 25.2 Å². The van der Waals surface area contributed by atoms with Crippen molar-refractivity contribution in [2.75, 3.05) is 13.7 Å². The molecule has 0 aromatic heterocycles. The number of carbonyl (C=O) groups is 4. The van der Waals surface area contributed by atoms with Crippen LogP contribution in [0.5, 0.6) is 0 Å². The van der Waals surface area contributed by atoms with Crippen molar-refractivity contribution < 1.29 is 33.8 Å². The number of nitrogens with one attached hydrogen (secondary N) is 2. The van der Waals surface area contributed by atoms with Crippen LogP contribution < -0.4 is 10.6 Å². The Morgan fingerprint density at radius 2 is 1.57 bits per heavy atom. The Bertz CT molecular complexity index is 1040. The molecule has 0 radical (unpaired) electrons.